The molecule has 0 spiro atoms. The average Bonchev–Trinajstić information content (AvgIpc) is 0.918. The Morgan fingerprint density at radius 3 is 1.75 bits per heavy atom. The normalized spacial score (nSPS) is 3.25. The third-order valence-corrected chi connectivity index (χ3v) is 0. The molecule has 0 unspecified atom stereocenters. The van der Waals surface area contributed by atoms with Crippen LogP contribution in [-0.2, 0) is 21.7 Å². The molecule has 0 saturated carbocycles. The second-order valence-corrected chi connectivity index (χ2v) is 0.408. The zero-order chi connectivity index (χ0) is 2.71. The topological polar surface area (TPSA) is 0 Å². The molecule has 0 bridgehead atoms. The van der Waals surface area contributed by atoms with E-state index in [9.17, 15) is 0 Å². The van der Waals surface area contributed by atoms with E-state index in [1.165, 1.54) is 0 Å². The molecule has 0 aliphatic rings. The molecular weight excluding hydrogens is 83.9 g/mol. The Hall–Kier alpha value is 0.454. The molecule has 0 aromatic carbocycles. The van der Waals surface area contributed by atoms with Gasteiger partial charge in [-0.05, 0) is 6.92 Å². The largest absolute Gasteiger partial charge is 0.103 e. The fourth-order valence-corrected chi connectivity index (χ4v) is 0. The summed E-state index contributed by atoms with van der Waals surface area (Å²) in [4.78, 5) is 0. The van der Waals surface area contributed by atoms with E-state index in [1.807, 2.05) is 6.92 Å². The smallest absolute Gasteiger partial charge is 0 e. The summed E-state index contributed by atoms with van der Waals surface area (Å²) in [6.45, 7) is 5.25. The van der Waals surface area contributed by atoms with E-state index in [0.717, 1.165) is 0 Å². The van der Waals surface area contributed by atoms with Crippen molar-refractivity contribution in [2.24, 2.45) is 0 Å². The molecule has 0 saturated heterocycles. The van der Waals surface area contributed by atoms with Crippen LogP contribution in [0.3, 0.4) is 0 Å². The van der Waals surface area contributed by atoms with E-state index in [0.29, 0.717) is 0 Å². The van der Waals surface area contributed by atoms with Gasteiger partial charge in [-0.15, -0.1) is 6.58 Å². The summed E-state index contributed by atoms with van der Waals surface area (Å²) in [5.74, 6) is 0. The maximum absolute atomic E-state index is 3.36. The van der Waals surface area contributed by atoms with E-state index >= 15 is 0 Å². The first-order valence-corrected chi connectivity index (χ1v) is 0.986. The second-order valence-electron chi connectivity index (χ2n) is 0.408. The van der Waals surface area contributed by atoms with Gasteiger partial charge in [0, 0.05) is 21.7 Å². The Balaban J connectivity index is 0. The first-order chi connectivity index (χ1) is 1.41. The first kappa shape index (κ1) is 8.82. The number of hydrogen-bond donors (Lipinski definition) is 0. The van der Waals surface area contributed by atoms with Crippen molar-refractivity contribution in [2.75, 3.05) is 0 Å². The summed E-state index contributed by atoms with van der Waals surface area (Å²) >= 11 is 0. The molecule has 0 atom stereocenters. The first-order valence-electron chi connectivity index (χ1n) is 0.986. The van der Waals surface area contributed by atoms with Crippen molar-refractivity contribution in [3.05, 3.63) is 12.7 Å². The number of rotatable bonds is 0. The van der Waals surface area contributed by atoms with Gasteiger partial charge in [0.05, 0.1) is 0 Å². The van der Waals surface area contributed by atoms with Gasteiger partial charge >= 0.3 is 0 Å². The summed E-state index contributed by atoms with van der Waals surface area (Å²) in [7, 11) is 0. The zero-order valence-corrected chi connectivity index (χ0v) is 4.35. The molecule has 0 rings (SSSR count). The predicted octanol–water partition coefficient (Wildman–Crippen LogP) is 1.19. The third-order valence-electron chi connectivity index (χ3n) is 0. The summed E-state index contributed by atoms with van der Waals surface area (Å²) < 4.78 is 0. The molecule has 4 heavy (non-hydrogen) atoms. The predicted molar refractivity (Wildman–Crippen MR) is 15.9 cm³/mol. The summed E-state index contributed by atoms with van der Waals surface area (Å²) in [5.41, 5.74) is 0. The maximum Gasteiger partial charge on any atom is 0 e. The third kappa shape index (κ3) is 25.2. The average molecular weight is 89.9 g/mol. The minimum atomic E-state index is 0. The summed E-state index contributed by atoms with van der Waals surface area (Å²) in [6.07, 6.45) is 1.75. The van der Waals surface area contributed by atoms with Crippen LogP contribution in [0.2, 0.25) is 0 Å². The summed E-state index contributed by atoms with van der Waals surface area (Å²) in [5, 5.41) is 0. The van der Waals surface area contributed by atoms with Crippen LogP contribution >= 0.6 is 0 Å². The SMILES string of the molecule is C=CC.[Ti]. The molecule has 22 valence electrons. The molecule has 0 heterocycles. The van der Waals surface area contributed by atoms with Crippen LogP contribution in [0.5, 0.6) is 0 Å². The van der Waals surface area contributed by atoms with Crippen molar-refractivity contribution in [1.82, 2.24) is 0 Å². The van der Waals surface area contributed by atoms with E-state index in [4.69, 9.17) is 0 Å². The Bertz CT molecular complexity index is 10.8. The molecular formula is C3H6Ti. The minimum absolute atomic E-state index is 0. The van der Waals surface area contributed by atoms with Crippen LogP contribution in [0.4, 0.5) is 0 Å². The molecule has 0 fully saturated rings. The zero-order valence-electron chi connectivity index (χ0n) is 2.78. The van der Waals surface area contributed by atoms with Crippen LogP contribution in [0, 0.1) is 0 Å². The second kappa shape index (κ2) is 9.84. The van der Waals surface area contributed by atoms with Crippen LogP contribution in [-0.4, -0.2) is 0 Å². The Labute approximate surface area is 41.8 Å². The van der Waals surface area contributed by atoms with Crippen molar-refractivity contribution < 1.29 is 21.7 Å². The van der Waals surface area contributed by atoms with Gasteiger partial charge in [0.1, 0.15) is 0 Å². The van der Waals surface area contributed by atoms with E-state index in [1.54, 1.807) is 6.08 Å². The summed E-state index contributed by atoms with van der Waals surface area (Å²) in [6, 6.07) is 0. The Morgan fingerprint density at radius 1 is 1.75 bits per heavy atom. The van der Waals surface area contributed by atoms with Crippen molar-refractivity contribution in [3.63, 3.8) is 0 Å². The van der Waals surface area contributed by atoms with Crippen LogP contribution in [0.25, 0.3) is 0 Å². The molecule has 1 heteroatoms. The standard InChI is InChI=1S/C3H6.Ti/c1-3-2;/h3H,1H2,2H3;. The van der Waals surface area contributed by atoms with Gasteiger partial charge in [0.25, 0.3) is 0 Å². The number of hydrogen-bond acceptors (Lipinski definition) is 0. The quantitative estimate of drug-likeness (QED) is 0.309. The van der Waals surface area contributed by atoms with Gasteiger partial charge < -0.3 is 0 Å². The molecule has 0 aromatic rings. The van der Waals surface area contributed by atoms with Gasteiger partial charge in [-0.2, -0.15) is 0 Å². The van der Waals surface area contributed by atoms with Crippen molar-refractivity contribution >= 4 is 0 Å². The molecule has 0 amide bonds. The number of allylic oxidation sites excluding steroid dienone is 1. The fraction of sp³-hybridized carbons (Fsp3) is 0.333. The van der Waals surface area contributed by atoms with Crippen LogP contribution in [0.15, 0.2) is 12.7 Å². The van der Waals surface area contributed by atoms with Crippen molar-refractivity contribution in [2.45, 2.75) is 6.92 Å². The van der Waals surface area contributed by atoms with Crippen molar-refractivity contribution in [3.8, 4) is 0 Å². The monoisotopic (exact) mass is 90.0 g/mol. The molecule has 0 aromatic heterocycles. The molecule has 0 aliphatic heterocycles. The van der Waals surface area contributed by atoms with Gasteiger partial charge in [-0.1, -0.05) is 6.08 Å². The van der Waals surface area contributed by atoms with Gasteiger partial charge in [-0.25, -0.2) is 0 Å². The van der Waals surface area contributed by atoms with Gasteiger partial charge in [0.15, 0.2) is 0 Å². The fourth-order valence-electron chi connectivity index (χ4n) is 0. The van der Waals surface area contributed by atoms with Crippen molar-refractivity contribution in [1.29, 1.82) is 0 Å². The van der Waals surface area contributed by atoms with E-state index in [-0.39, 0.29) is 21.7 Å². The van der Waals surface area contributed by atoms with Gasteiger partial charge in [-0.3, -0.25) is 0 Å². The molecule has 0 N–H and O–H groups in total. The molecule has 0 aliphatic carbocycles. The Kier molecular flexibility index (Phi) is 21.7. The van der Waals surface area contributed by atoms with E-state index in [2.05, 4.69) is 6.58 Å². The van der Waals surface area contributed by atoms with Gasteiger partial charge in [0.2, 0.25) is 0 Å². The maximum atomic E-state index is 3.36. The van der Waals surface area contributed by atoms with Crippen LogP contribution < -0.4 is 0 Å². The van der Waals surface area contributed by atoms with E-state index < -0.39 is 0 Å². The van der Waals surface area contributed by atoms with Crippen LogP contribution in [0.1, 0.15) is 6.92 Å². The molecule has 0 radical (unpaired) electrons. The minimum Gasteiger partial charge on any atom is -0.103 e. The molecule has 0 nitrogen and oxygen atoms in total. The Morgan fingerprint density at radius 2 is 1.75 bits per heavy atom.